The van der Waals surface area contributed by atoms with Gasteiger partial charge in [0, 0.05) is 0 Å². The molecule has 0 atom stereocenters. The van der Waals surface area contributed by atoms with E-state index in [2.05, 4.69) is 15.5 Å². The molecule has 0 amide bonds. The third kappa shape index (κ3) is 2.06. The average molecular weight is 164 g/mol. The monoisotopic (exact) mass is 164 g/mol. The Hall–Kier alpha value is -0.863. The molecule has 1 N–H and O–H groups in total. The van der Waals surface area contributed by atoms with E-state index < -0.39 is 5.97 Å². The molecule has 0 aliphatic carbocycles. The van der Waals surface area contributed by atoms with E-state index in [-0.39, 0.29) is 30.7 Å². The van der Waals surface area contributed by atoms with E-state index in [0.717, 1.165) is 0 Å². The van der Waals surface area contributed by atoms with Crippen LogP contribution in [0.25, 0.3) is 0 Å². The van der Waals surface area contributed by atoms with Gasteiger partial charge < -0.3 is 5.11 Å². The molecule has 1 aromatic rings. The summed E-state index contributed by atoms with van der Waals surface area (Å²) < 4.78 is 1.25. The Balaban J connectivity index is 0.00000121. The zero-order chi connectivity index (χ0) is 8.43. The van der Waals surface area contributed by atoms with Crippen LogP contribution < -0.4 is 0 Å². The van der Waals surface area contributed by atoms with Crippen LogP contribution in [0.2, 0.25) is 0 Å². The molecule has 0 aliphatic rings. The molecule has 1 heterocycles. The van der Waals surface area contributed by atoms with Crippen molar-refractivity contribution in [2.24, 2.45) is 0 Å². The molecule has 0 bridgehead atoms. The fraction of sp³-hybridized carbons (Fsp3) is 0.600. The van der Waals surface area contributed by atoms with Gasteiger partial charge in [0.05, 0.1) is 6.04 Å². The van der Waals surface area contributed by atoms with Crippen LogP contribution in [0.15, 0.2) is 0 Å². The Kier molecular flexibility index (Phi) is 3.93. The summed E-state index contributed by atoms with van der Waals surface area (Å²) in [4.78, 5) is 10.4. The van der Waals surface area contributed by atoms with Gasteiger partial charge in [-0.3, -0.25) is 0 Å². The van der Waals surface area contributed by atoms with Gasteiger partial charge in [0.1, 0.15) is 0 Å². The van der Waals surface area contributed by atoms with Crippen LogP contribution in [-0.4, -0.2) is 50.1 Å². The van der Waals surface area contributed by atoms with Crippen molar-refractivity contribution in [2.75, 3.05) is 0 Å². The molecule has 0 aliphatic heterocycles. The molecular weight excluding hydrogens is 155 g/mol. The standard InChI is InChI=1S/C5H8N4O2.Li.H/c1-3(2)9-4(5(10)11)6-7-8-9;;/h3H,1-2H3,(H,10,11);;. The van der Waals surface area contributed by atoms with Crippen LogP contribution in [0.5, 0.6) is 0 Å². The molecule has 1 aromatic heterocycles. The second kappa shape index (κ2) is 4.23. The maximum atomic E-state index is 10.4. The Morgan fingerprint density at radius 3 is 2.50 bits per heavy atom. The van der Waals surface area contributed by atoms with Crippen molar-refractivity contribution in [1.82, 2.24) is 20.2 Å². The SMILES string of the molecule is CC(C)n1nnnc1C(=O)O.[LiH]. The van der Waals surface area contributed by atoms with Crippen LogP contribution in [0.4, 0.5) is 0 Å². The third-order valence-electron chi connectivity index (χ3n) is 1.17. The molecule has 0 radical (unpaired) electrons. The van der Waals surface area contributed by atoms with E-state index in [0.29, 0.717) is 0 Å². The second-order valence-corrected chi connectivity index (χ2v) is 2.35. The number of aromatic carboxylic acids is 1. The summed E-state index contributed by atoms with van der Waals surface area (Å²) in [5, 5.41) is 18.6. The van der Waals surface area contributed by atoms with Crippen LogP contribution >= 0.6 is 0 Å². The number of tetrazole rings is 1. The Morgan fingerprint density at radius 2 is 2.17 bits per heavy atom. The van der Waals surface area contributed by atoms with Crippen LogP contribution in [0.3, 0.4) is 0 Å². The zero-order valence-corrected chi connectivity index (χ0v) is 6.22. The molecule has 1 rings (SSSR count). The van der Waals surface area contributed by atoms with Crippen LogP contribution in [0.1, 0.15) is 30.5 Å². The number of carbonyl (C=O) groups is 1. The van der Waals surface area contributed by atoms with Crippen molar-refractivity contribution in [1.29, 1.82) is 0 Å². The van der Waals surface area contributed by atoms with Crippen molar-refractivity contribution in [3.05, 3.63) is 5.82 Å². The number of hydrogen-bond acceptors (Lipinski definition) is 4. The molecule has 0 aromatic carbocycles. The number of carboxylic acid groups (broad SMARTS) is 1. The second-order valence-electron chi connectivity index (χ2n) is 2.35. The maximum absolute atomic E-state index is 10.4. The Bertz CT molecular complexity index is 272. The molecule has 6 nitrogen and oxygen atoms in total. The summed E-state index contributed by atoms with van der Waals surface area (Å²) in [6.45, 7) is 3.62. The molecule has 7 heteroatoms. The number of rotatable bonds is 2. The predicted molar refractivity (Wildman–Crippen MR) is 42.3 cm³/mol. The molecule has 0 saturated carbocycles. The molecule has 0 unspecified atom stereocenters. The van der Waals surface area contributed by atoms with E-state index in [9.17, 15) is 4.79 Å². The summed E-state index contributed by atoms with van der Waals surface area (Å²) in [7, 11) is 0. The van der Waals surface area contributed by atoms with Gasteiger partial charge in [-0.25, -0.2) is 9.48 Å². The molecule has 0 saturated heterocycles. The minimum atomic E-state index is -1.11. The first-order valence-electron chi connectivity index (χ1n) is 3.14. The van der Waals surface area contributed by atoms with Gasteiger partial charge in [0.15, 0.2) is 0 Å². The first-order chi connectivity index (χ1) is 5.13. The van der Waals surface area contributed by atoms with E-state index >= 15 is 0 Å². The number of aromatic nitrogens is 4. The fourth-order valence-corrected chi connectivity index (χ4v) is 0.682. The summed E-state index contributed by atoms with van der Waals surface area (Å²) in [6.07, 6.45) is 0. The van der Waals surface area contributed by atoms with Gasteiger partial charge in [-0.2, -0.15) is 0 Å². The van der Waals surface area contributed by atoms with Gasteiger partial charge in [-0.05, 0) is 24.3 Å². The van der Waals surface area contributed by atoms with E-state index in [4.69, 9.17) is 5.11 Å². The fourth-order valence-electron chi connectivity index (χ4n) is 0.682. The summed E-state index contributed by atoms with van der Waals surface area (Å²) in [5.74, 6) is -1.23. The summed E-state index contributed by atoms with van der Waals surface area (Å²) in [6, 6.07) is -0.0314. The van der Waals surface area contributed by atoms with Crippen LogP contribution in [0, 0.1) is 0 Å². The van der Waals surface area contributed by atoms with E-state index in [1.54, 1.807) is 0 Å². The first-order valence-corrected chi connectivity index (χ1v) is 3.14. The summed E-state index contributed by atoms with van der Waals surface area (Å²) >= 11 is 0. The number of hydrogen-bond donors (Lipinski definition) is 1. The normalized spacial score (nSPS) is 9.58. The van der Waals surface area contributed by atoms with Crippen molar-refractivity contribution < 1.29 is 9.90 Å². The van der Waals surface area contributed by atoms with E-state index in [1.165, 1.54) is 4.68 Å². The zero-order valence-electron chi connectivity index (χ0n) is 6.22. The van der Waals surface area contributed by atoms with Gasteiger partial charge in [0.2, 0.25) is 0 Å². The van der Waals surface area contributed by atoms with Crippen LogP contribution in [-0.2, 0) is 0 Å². The van der Waals surface area contributed by atoms with E-state index in [1.807, 2.05) is 13.8 Å². The number of carboxylic acids is 1. The third-order valence-corrected chi connectivity index (χ3v) is 1.17. The average Bonchev–Trinajstić information content (AvgIpc) is 2.32. The van der Waals surface area contributed by atoms with Gasteiger partial charge in [0.25, 0.3) is 5.82 Å². The molecule has 62 valence electrons. The van der Waals surface area contributed by atoms with Gasteiger partial charge in [-0.15, -0.1) is 5.10 Å². The minimum absolute atomic E-state index is 0. The van der Waals surface area contributed by atoms with Crippen molar-refractivity contribution in [3.63, 3.8) is 0 Å². The molecule has 0 fully saturated rings. The Labute approximate surface area is 81.1 Å². The van der Waals surface area contributed by atoms with Crippen molar-refractivity contribution in [3.8, 4) is 0 Å². The molecular formula is C5H9LiN4O2. The molecule has 0 spiro atoms. The molecule has 12 heavy (non-hydrogen) atoms. The Morgan fingerprint density at radius 1 is 1.58 bits per heavy atom. The predicted octanol–water partition coefficient (Wildman–Crippen LogP) is -0.696. The van der Waals surface area contributed by atoms with Gasteiger partial charge >= 0.3 is 24.8 Å². The quantitative estimate of drug-likeness (QED) is 0.584. The van der Waals surface area contributed by atoms with Crippen molar-refractivity contribution >= 4 is 24.8 Å². The van der Waals surface area contributed by atoms with Gasteiger partial charge in [-0.1, -0.05) is 0 Å². The topological polar surface area (TPSA) is 80.9 Å². The number of nitrogens with zero attached hydrogens (tertiary/aromatic N) is 4. The summed E-state index contributed by atoms with van der Waals surface area (Å²) in [5.41, 5.74) is 0. The van der Waals surface area contributed by atoms with Crippen molar-refractivity contribution in [2.45, 2.75) is 19.9 Å². The first kappa shape index (κ1) is 11.1.